The van der Waals surface area contributed by atoms with Gasteiger partial charge in [-0.25, -0.2) is 9.78 Å². The summed E-state index contributed by atoms with van der Waals surface area (Å²) in [4.78, 5) is 27.8. The minimum Gasteiger partial charge on any atom is -0.480 e. The van der Waals surface area contributed by atoms with Gasteiger partial charge in [-0.1, -0.05) is 30.3 Å². The van der Waals surface area contributed by atoms with Crippen molar-refractivity contribution in [3.05, 3.63) is 42.4 Å². The van der Waals surface area contributed by atoms with Crippen LogP contribution in [0.4, 0.5) is 0 Å². The molecule has 1 aromatic carbocycles. The van der Waals surface area contributed by atoms with Gasteiger partial charge in [-0.2, -0.15) is 0 Å². The maximum Gasteiger partial charge on any atom is 0.326 e. The molecule has 0 saturated carbocycles. The molecule has 0 radical (unpaired) electrons. The summed E-state index contributed by atoms with van der Waals surface area (Å²) in [6, 6.07) is 8.65. The lowest BCUT2D eigenvalue weighted by atomic mass is 9.93. The molecule has 1 fully saturated rings. The molecule has 1 aromatic heterocycles. The number of aromatic nitrogens is 1. The maximum absolute atomic E-state index is 12.2. The van der Waals surface area contributed by atoms with E-state index in [1.165, 1.54) is 0 Å². The van der Waals surface area contributed by atoms with E-state index in [0.29, 0.717) is 31.3 Å². The summed E-state index contributed by atoms with van der Waals surface area (Å²) < 4.78 is 11.0. The SMILES string of the molecule is O=C(CCc1ncc(-c2ccccc2)o1)NC(C(=O)O)C1CCCOC1. The van der Waals surface area contributed by atoms with Gasteiger partial charge in [-0.3, -0.25) is 4.79 Å². The Morgan fingerprint density at radius 2 is 2.12 bits per heavy atom. The lowest BCUT2D eigenvalue weighted by Crippen LogP contribution is -2.48. The number of carbonyl (C=O) groups excluding carboxylic acids is 1. The Morgan fingerprint density at radius 1 is 1.31 bits per heavy atom. The third kappa shape index (κ3) is 4.70. The molecule has 2 heterocycles. The number of carbonyl (C=O) groups is 2. The summed E-state index contributed by atoms with van der Waals surface area (Å²) >= 11 is 0. The van der Waals surface area contributed by atoms with Gasteiger partial charge in [0.15, 0.2) is 11.7 Å². The van der Waals surface area contributed by atoms with Crippen molar-refractivity contribution in [3.8, 4) is 11.3 Å². The number of aliphatic carboxylic acids is 1. The van der Waals surface area contributed by atoms with E-state index in [1.807, 2.05) is 30.3 Å². The van der Waals surface area contributed by atoms with E-state index < -0.39 is 12.0 Å². The number of nitrogens with one attached hydrogen (secondary N) is 1. The lowest BCUT2D eigenvalue weighted by Gasteiger charge is -2.28. The van der Waals surface area contributed by atoms with Crippen LogP contribution in [0.2, 0.25) is 0 Å². The van der Waals surface area contributed by atoms with E-state index in [1.54, 1.807) is 6.20 Å². The van der Waals surface area contributed by atoms with Gasteiger partial charge in [-0.15, -0.1) is 0 Å². The fourth-order valence-corrected chi connectivity index (χ4v) is 3.04. The van der Waals surface area contributed by atoms with E-state index in [9.17, 15) is 14.7 Å². The molecular weight excluding hydrogens is 336 g/mol. The number of carboxylic acid groups (broad SMARTS) is 1. The number of oxazole rings is 1. The van der Waals surface area contributed by atoms with Crippen molar-refractivity contribution in [3.63, 3.8) is 0 Å². The van der Waals surface area contributed by atoms with Crippen LogP contribution < -0.4 is 5.32 Å². The van der Waals surface area contributed by atoms with Crippen molar-refractivity contribution in [2.45, 2.75) is 31.7 Å². The molecule has 2 atom stereocenters. The highest BCUT2D eigenvalue weighted by atomic mass is 16.5. The van der Waals surface area contributed by atoms with Gasteiger partial charge in [0.1, 0.15) is 6.04 Å². The first kappa shape index (κ1) is 18.1. The van der Waals surface area contributed by atoms with Crippen LogP contribution in [0.15, 0.2) is 40.9 Å². The van der Waals surface area contributed by atoms with Gasteiger partial charge in [0, 0.05) is 30.9 Å². The number of hydrogen-bond donors (Lipinski definition) is 2. The number of benzene rings is 1. The molecule has 1 saturated heterocycles. The minimum absolute atomic E-state index is 0.117. The summed E-state index contributed by atoms with van der Waals surface area (Å²) in [5, 5.41) is 12.0. The number of nitrogens with zero attached hydrogens (tertiary/aromatic N) is 1. The van der Waals surface area contributed by atoms with Gasteiger partial charge in [0.2, 0.25) is 5.91 Å². The van der Waals surface area contributed by atoms with Crippen LogP contribution in [0.3, 0.4) is 0 Å². The van der Waals surface area contributed by atoms with Crippen LogP contribution in [0.1, 0.15) is 25.2 Å². The van der Waals surface area contributed by atoms with Crippen molar-refractivity contribution in [2.75, 3.05) is 13.2 Å². The first-order valence-electron chi connectivity index (χ1n) is 8.73. The largest absolute Gasteiger partial charge is 0.480 e. The average Bonchev–Trinajstić information content (AvgIpc) is 3.15. The Balaban J connectivity index is 1.53. The molecular formula is C19H22N2O5. The molecule has 3 rings (SSSR count). The van der Waals surface area contributed by atoms with Gasteiger partial charge in [-0.05, 0) is 12.8 Å². The van der Waals surface area contributed by atoms with E-state index in [0.717, 1.165) is 18.4 Å². The van der Waals surface area contributed by atoms with Gasteiger partial charge < -0.3 is 19.6 Å². The zero-order valence-corrected chi connectivity index (χ0v) is 14.4. The Bertz CT molecular complexity index is 737. The predicted octanol–water partition coefficient (Wildman–Crippen LogP) is 2.27. The standard InChI is InChI=1S/C19H22N2O5/c22-16(21-18(19(23)24)14-7-4-10-25-12-14)8-9-17-20-11-15(26-17)13-5-2-1-3-6-13/h1-3,5-6,11,14,18H,4,7-10,12H2,(H,21,22)(H,23,24). The van der Waals surface area contributed by atoms with Gasteiger partial charge in [0.25, 0.3) is 0 Å². The molecule has 2 aromatic rings. The van der Waals surface area contributed by atoms with Crippen LogP contribution in [-0.4, -0.2) is 41.2 Å². The summed E-state index contributed by atoms with van der Waals surface area (Å²) in [5.41, 5.74) is 0.916. The normalized spacial score (nSPS) is 18.2. The fraction of sp³-hybridized carbons (Fsp3) is 0.421. The topological polar surface area (TPSA) is 102 Å². The van der Waals surface area contributed by atoms with Gasteiger partial charge >= 0.3 is 5.97 Å². The van der Waals surface area contributed by atoms with Crippen molar-refractivity contribution in [1.82, 2.24) is 10.3 Å². The smallest absolute Gasteiger partial charge is 0.326 e. The Hall–Kier alpha value is -2.67. The zero-order valence-electron chi connectivity index (χ0n) is 14.4. The molecule has 2 unspecified atom stereocenters. The molecule has 0 bridgehead atoms. The maximum atomic E-state index is 12.2. The Kier molecular flexibility index (Phi) is 6.01. The zero-order chi connectivity index (χ0) is 18.4. The molecule has 2 N–H and O–H groups in total. The summed E-state index contributed by atoms with van der Waals surface area (Å²) in [6.07, 6.45) is 3.60. The van der Waals surface area contributed by atoms with Crippen LogP contribution in [0.25, 0.3) is 11.3 Å². The van der Waals surface area contributed by atoms with Crippen LogP contribution in [0.5, 0.6) is 0 Å². The van der Waals surface area contributed by atoms with E-state index in [-0.39, 0.29) is 18.2 Å². The summed E-state index contributed by atoms with van der Waals surface area (Å²) in [7, 11) is 0. The second-order valence-electron chi connectivity index (χ2n) is 6.34. The molecule has 0 spiro atoms. The molecule has 7 nitrogen and oxygen atoms in total. The van der Waals surface area contributed by atoms with Crippen molar-refractivity contribution >= 4 is 11.9 Å². The van der Waals surface area contributed by atoms with Crippen LogP contribution in [0, 0.1) is 5.92 Å². The molecule has 138 valence electrons. The number of rotatable bonds is 7. The molecule has 7 heteroatoms. The van der Waals surface area contributed by atoms with E-state index in [2.05, 4.69) is 10.3 Å². The predicted molar refractivity (Wildman–Crippen MR) is 93.4 cm³/mol. The summed E-state index contributed by atoms with van der Waals surface area (Å²) in [5.74, 6) is -0.467. The molecule has 1 amide bonds. The molecule has 26 heavy (non-hydrogen) atoms. The Labute approximate surface area is 151 Å². The third-order valence-electron chi connectivity index (χ3n) is 4.43. The molecule has 0 aliphatic carbocycles. The highest BCUT2D eigenvalue weighted by molar-refractivity contribution is 5.83. The van der Waals surface area contributed by atoms with Crippen molar-refractivity contribution < 1.29 is 23.8 Å². The van der Waals surface area contributed by atoms with Gasteiger partial charge in [0.05, 0.1) is 12.8 Å². The monoisotopic (exact) mass is 358 g/mol. The van der Waals surface area contributed by atoms with Crippen molar-refractivity contribution in [1.29, 1.82) is 0 Å². The van der Waals surface area contributed by atoms with Crippen LogP contribution >= 0.6 is 0 Å². The minimum atomic E-state index is -1.03. The highest BCUT2D eigenvalue weighted by Gasteiger charge is 2.31. The second-order valence-corrected chi connectivity index (χ2v) is 6.34. The number of aryl methyl sites for hydroxylation is 1. The number of amides is 1. The van der Waals surface area contributed by atoms with E-state index in [4.69, 9.17) is 9.15 Å². The summed E-state index contributed by atoms with van der Waals surface area (Å²) in [6.45, 7) is 1.00. The van der Waals surface area contributed by atoms with Crippen LogP contribution in [-0.2, 0) is 20.7 Å². The van der Waals surface area contributed by atoms with Crippen molar-refractivity contribution in [2.24, 2.45) is 5.92 Å². The Morgan fingerprint density at radius 3 is 2.81 bits per heavy atom. The number of hydrogen-bond acceptors (Lipinski definition) is 5. The quantitative estimate of drug-likeness (QED) is 0.787. The molecule has 1 aliphatic heterocycles. The third-order valence-corrected chi connectivity index (χ3v) is 4.43. The highest BCUT2D eigenvalue weighted by Crippen LogP contribution is 2.21. The van der Waals surface area contributed by atoms with E-state index >= 15 is 0 Å². The average molecular weight is 358 g/mol. The first-order chi connectivity index (χ1) is 12.6. The first-order valence-corrected chi connectivity index (χ1v) is 8.73. The lowest BCUT2D eigenvalue weighted by molar-refractivity contribution is -0.145. The fourth-order valence-electron chi connectivity index (χ4n) is 3.04. The number of carboxylic acids is 1. The molecule has 1 aliphatic rings. The second kappa shape index (κ2) is 8.62. The number of ether oxygens (including phenoxy) is 1.